The highest BCUT2D eigenvalue weighted by Crippen LogP contribution is 2.28. The molecule has 9 heteroatoms. The summed E-state index contributed by atoms with van der Waals surface area (Å²) in [6.45, 7) is 8.31. The minimum Gasteiger partial charge on any atom is -0.497 e. The lowest BCUT2D eigenvalue weighted by Gasteiger charge is -2.33. The number of benzene rings is 2. The Bertz CT molecular complexity index is 1090. The molecular weight excluding hydrogens is 470 g/mol. The first-order chi connectivity index (χ1) is 16.5. The van der Waals surface area contributed by atoms with E-state index in [1.807, 2.05) is 20.8 Å². The van der Waals surface area contributed by atoms with E-state index >= 15 is 0 Å². The van der Waals surface area contributed by atoms with Crippen molar-refractivity contribution in [3.8, 4) is 5.75 Å². The van der Waals surface area contributed by atoms with Crippen molar-refractivity contribution in [2.75, 3.05) is 26.8 Å². The first-order valence-corrected chi connectivity index (χ1v) is 13.1. The third-order valence-corrected chi connectivity index (χ3v) is 7.15. The monoisotopic (exact) mass is 505 g/mol. The summed E-state index contributed by atoms with van der Waals surface area (Å²) in [5, 5.41) is 0. The SMILES string of the molecule is COc1ccc(C(COC2CCN(C(=O)OC(C)(C)C)CC2)OS(=O)(=O)c2ccccc2C)cc1. The van der Waals surface area contributed by atoms with Crippen LogP contribution in [0.4, 0.5) is 4.79 Å². The second-order valence-electron chi connectivity index (χ2n) is 9.58. The highest BCUT2D eigenvalue weighted by Gasteiger charge is 2.29. The van der Waals surface area contributed by atoms with E-state index in [-0.39, 0.29) is 23.7 Å². The van der Waals surface area contributed by atoms with E-state index in [2.05, 4.69) is 0 Å². The van der Waals surface area contributed by atoms with Gasteiger partial charge in [-0.25, -0.2) is 4.79 Å². The van der Waals surface area contributed by atoms with E-state index in [1.165, 1.54) is 6.07 Å². The molecule has 0 aromatic heterocycles. The maximum absolute atomic E-state index is 13.1. The number of likely N-dealkylation sites (tertiary alicyclic amines) is 1. The molecule has 8 nitrogen and oxygen atoms in total. The minimum absolute atomic E-state index is 0.0501. The maximum Gasteiger partial charge on any atom is 0.410 e. The van der Waals surface area contributed by atoms with Gasteiger partial charge in [0.15, 0.2) is 0 Å². The Morgan fingerprint density at radius 3 is 2.26 bits per heavy atom. The fraction of sp³-hybridized carbons (Fsp3) is 0.500. The number of methoxy groups -OCH3 is 1. The normalized spacial score (nSPS) is 16.1. The molecule has 2 aromatic rings. The molecule has 1 atom stereocenters. The van der Waals surface area contributed by atoms with Crippen molar-refractivity contribution < 1.29 is 31.6 Å². The molecule has 0 N–H and O–H groups in total. The van der Waals surface area contributed by atoms with E-state index in [0.29, 0.717) is 42.8 Å². The number of hydrogen-bond acceptors (Lipinski definition) is 7. The highest BCUT2D eigenvalue weighted by atomic mass is 32.2. The summed E-state index contributed by atoms with van der Waals surface area (Å²) in [7, 11) is -2.46. The smallest absolute Gasteiger partial charge is 0.410 e. The summed E-state index contributed by atoms with van der Waals surface area (Å²) >= 11 is 0. The number of amides is 1. The molecule has 0 saturated carbocycles. The quantitative estimate of drug-likeness (QED) is 0.473. The lowest BCUT2D eigenvalue weighted by Crippen LogP contribution is -2.43. The molecule has 1 fully saturated rings. The van der Waals surface area contributed by atoms with Crippen LogP contribution in [0.3, 0.4) is 0 Å². The lowest BCUT2D eigenvalue weighted by atomic mass is 10.1. The second-order valence-corrected chi connectivity index (χ2v) is 11.1. The fourth-order valence-electron chi connectivity index (χ4n) is 3.79. The Balaban J connectivity index is 1.68. The third-order valence-electron chi connectivity index (χ3n) is 5.67. The van der Waals surface area contributed by atoms with Crippen molar-refractivity contribution in [3.05, 3.63) is 59.7 Å². The maximum atomic E-state index is 13.1. The summed E-state index contributed by atoms with van der Waals surface area (Å²) in [4.78, 5) is 14.1. The molecule has 1 saturated heterocycles. The molecule has 192 valence electrons. The van der Waals surface area contributed by atoms with Crippen LogP contribution in [-0.4, -0.2) is 57.9 Å². The molecule has 1 amide bonds. The van der Waals surface area contributed by atoms with Gasteiger partial charge in [0.1, 0.15) is 17.5 Å². The first-order valence-electron chi connectivity index (χ1n) is 11.7. The molecule has 0 spiro atoms. The van der Waals surface area contributed by atoms with Crippen molar-refractivity contribution in [1.29, 1.82) is 0 Å². The van der Waals surface area contributed by atoms with E-state index in [4.69, 9.17) is 18.4 Å². The zero-order valence-corrected chi connectivity index (χ0v) is 21.8. The summed E-state index contributed by atoms with van der Waals surface area (Å²) in [5.74, 6) is 0.657. The standard InChI is InChI=1S/C26H35NO7S/c1-19-8-6-7-9-24(19)35(29,30)34-23(20-10-12-21(31-5)13-11-20)18-32-22-14-16-27(17-15-22)25(28)33-26(2,3)4/h6-13,22-23H,14-18H2,1-5H3. The molecule has 1 aliphatic rings. The van der Waals surface area contributed by atoms with E-state index in [1.54, 1.807) is 61.4 Å². The minimum atomic E-state index is -4.03. The number of carbonyl (C=O) groups is 1. The van der Waals surface area contributed by atoms with Gasteiger partial charge in [-0.05, 0) is 69.9 Å². The van der Waals surface area contributed by atoms with Gasteiger partial charge in [0.2, 0.25) is 0 Å². The van der Waals surface area contributed by atoms with Gasteiger partial charge in [0.05, 0.1) is 24.7 Å². The average Bonchev–Trinajstić information content (AvgIpc) is 2.81. The van der Waals surface area contributed by atoms with Gasteiger partial charge in [-0.2, -0.15) is 8.42 Å². The number of rotatable bonds is 8. The molecular formula is C26H35NO7S. The van der Waals surface area contributed by atoms with E-state index < -0.39 is 21.8 Å². The van der Waals surface area contributed by atoms with Gasteiger partial charge in [-0.15, -0.1) is 0 Å². The number of ether oxygens (including phenoxy) is 3. The van der Waals surface area contributed by atoms with Crippen LogP contribution >= 0.6 is 0 Å². The molecule has 2 aromatic carbocycles. The largest absolute Gasteiger partial charge is 0.497 e. The predicted octanol–water partition coefficient (Wildman–Crippen LogP) is 4.87. The Morgan fingerprint density at radius 2 is 1.69 bits per heavy atom. The van der Waals surface area contributed by atoms with Gasteiger partial charge in [0, 0.05) is 13.1 Å². The van der Waals surface area contributed by atoms with Gasteiger partial charge in [-0.1, -0.05) is 30.3 Å². The van der Waals surface area contributed by atoms with Crippen LogP contribution in [0.1, 0.15) is 50.8 Å². The highest BCUT2D eigenvalue weighted by molar-refractivity contribution is 7.86. The average molecular weight is 506 g/mol. The molecule has 1 heterocycles. The van der Waals surface area contributed by atoms with Crippen LogP contribution in [0.2, 0.25) is 0 Å². The van der Waals surface area contributed by atoms with Crippen LogP contribution in [0.25, 0.3) is 0 Å². The Hall–Kier alpha value is -2.62. The summed E-state index contributed by atoms with van der Waals surface area (Å²) in [5.41, 5.74) is 0.723. The van der Waals surface area contributed by atoms with Crippen LogP contribution < -0.4 is 4.74 Å². The summed E-state index contributed by atoms with van der Waals surface area (Å²) in [6, 6.07) is 13.8. The van der Waals surface area contributed by atoms with Crippen LogP contribution in [0, 0.1) is 6.92 Å². The fourth-order valence-corrected chi connectivity index (χ4v) is 5.08. The number of piperidine rings is 1. The molecule has 1 unspecified atom stereocenters. The number of hydrogen-bond donors (Lipinski definition) is 0. The van der Waals surface area contributed by atoms with Crippen molar-refractivity contribution in [2.24, 2.45) is 0 Å². The van der Waals surface area contributed by atoms with Crippen molar-refractivity contribution in [3.63, 3.8) is 0 Å². The Morgan fingerprint density at radius 1 is 1.06 bits per heavy atom. The molecule has 0 aliphatic carbocycles. The van der Waals surface area contributed by atoms with Crippen molar-refractivity contribution in [1.82, 2.24) is 4.90 Å². The van der Waals surface area contributed by atoms with Gasteiger partial charge < -0.3 is 19.1 Å². The van der Waals surface area contributed by atoms with Crippen LogP contribution in [0.5, 0.6) is 5.75 Å². The molecule has 0 radical (unpaired) electrons. The summed E-state index contributed by atoms with van der Waals surface area (Å²) in [6.07, 6.45) is -0.0496. The number of aryl methyl sites for hydroxylation is 1. The Labute approximate surface area is 208 Å². The Kier molecular flexibility index (Phi) is 8.79. The molecule has 3 rings (SSSR count). The van der Waals surface area contributed by atoms with Crippen molar-refractivity contribution in [2.45, 2.75) is 63.2 Å². The van der Waals surface area contributed by atoms with Gasteiger partial charge in [0.25, 0.3) is 10.1 Å². The molecule has 1 aliphatic heterocycles. The van der Waals surface area contributed by atoms with Crippen molar-refractivity contribution >= 4 is 16.2 Å². The zero-order valence-electron chi connectivity index (χ0n) is 21.0. The van der Waals surface area contributed by atoms with E-state index in [9.17, 15) is 13.2 Å². The number of carbonyl (C=O) groups excluding carboxylic acids is 1. The van der Waals surface area contributed by atoms with Crippen LogP contribution in [0.15, 0.2) is 53.4 Å². The van der Waals surface area contributed by atoms with Gasteiger partial charge >= 0.3 is 6.09 Å². The zero-order chi connectivity index (χ0) is 25.6. The molecule has 0 bridgehead atoms. The molecule has 35 heavy (non-hydrogen) atoms. The van der Waals surface area contributed by atoms with Crippen LogP contribution in [-0.2, 0) is 23.8 Å². The van der Waals surface area contributed by atoms with Gasteiger partial charge in [-0.3, -0.25) is 4.18 Å². The third kappa shape index (κ3) is 7.68. The number of nitrogens with zero attached hydrogens (tertiary/aromatic N) is 1. The lowest BCUT2D eigenvalue weighted by molar-refractivity contribution is -0.0337. The topological polar surface area (TPSA) is 91.4 Å². The summed E-state index contributed by atoms with van der Waals surface area (Å²) < 4.78 is 48.6. The second kappa shape index (κ2) is 11.4. The predicted molar refractivity (Wildman–Crippen MR) is 132 cm³/mol. The first kappa shape index (κ1) is 27.0. The van der Waals surface area contributed by atoms with E-state index in [0.717, 1.165) is 0 Å².